The molecule has 0 atom stereocenters. The van der Waals surface area contributed by atoms with E-state index in [0.29, 0.717) is 10.8 Å². The Bertz CT molecular complexity index is 565. The van der Waals surface area contributed by atoms with Crippen molar-refractivity contribution in [2.75, 3.05) is 0 Å². The summed E-state index contributed by atoms with van der Waals surface area (Å²) in [5.74, 6) is -1.01. The molecule has 0 unspecified atom stereocenters. The van der Waals surface area contributed by atoms with E-state index in [0.717, 1.165) is 16.9 Å². The number of aromatic carboxylic acids is 1. The van der Waals surface area contributed by atoms with Crippen molar-refractivity contribution in [1.82, 2.24) is 4.98 Å². The number of nitrogens with zero attached hydrogens (tertiary/aromatic N) is 1. The molecule has 2 aromatic heterocycles. The Morgan fingerprint density at radius 2 is 2.18 bits per heavy atom. The fourth-order valence-corrected chi connectivity index (χ4v) is 2.40. The largest absolute Gasteiger partial charge is 0.476 e. The molecule has 2 rings (SSSR count). The second-order valence-electron chi connectivity index (χ2n) is 3.49. The number of hydrogen-bond acceptors (Lipinski definition) is 5. The van der Waals surface area contributed by atoms with Gasteiger partial charge < -0.3 is 9.52 Å². The predicted octanol–water partition coefficient (Wildman–Crippen LogP) is 2.61. The van der Waals surface area contributed by atoms with Gasteiger partial charge in [0, 0.05) is 6.92 Å². The Labute approximate surface area is 101 Å². The van der Waals surface area contributed by atoms with E-state index in [4.69, 9.17) is 9.52 Å². The van der Waals surface area contributed by atoms with E-state index in [1.165, 1.54) is 13.2 Å². The van der Waals surface area contributed by atoms with Gasteiger partial charge in [-0.25, -0.2) is 9.78 Å². The van der Waals surface area contributed by atoms with Crippen LogP contribution in [0.2, 0.25) is 0 Å². The van der Waals surface area contributed by atoms with Crippen LogP contribution in [0.15, 0.2) is 16.7 Å². The molecule has 0 radical (unpaired) electrons. The van der Waals surface area contributed by atoms with Crippen LogP contribution in [0.4, 0.5) is 0 Å². The predicted molar refractivity (Wildman–Crippen MR) is 61.5 cm³/mol. The van der Waals surface area contributed by atoms with E-state index in [1.807, 2.05) is 6.92 Å². The molecule has 88 valence electrons. The highest BCUT2D eigenvalue weighted by Gasteiger charge is 2.22. The number of aromatic nitrogens is 1. The number of ketones is 1. The standard InChI is InChI=1S/C11H9NO4S/c1-5-3-4-16-8(5)10-12-7(11(14)15)9(17-10)6(2)13/h3-4H,1-2H3,(H,14,15). The average Bonchev–Trinajstić information content (AvgIpc) is 2.82. The zero-order valence-corrected chi connectivity index (χ0v) is 10.00. The number of rotatable bonds is 3. The van der Waals surface area contributed by atoms with E-state index in [9.17, 15) is 9.59 Å². The molecule has 2 heterocycles. The molecule has 0 saturated carbocycles. The molecule has 0 aliphatic carbocycles. The number of carbonyl (C=O) groups is 2. The normalized spacial score (nSPS) is 10.5. The lowest BCUT2D eigenvalue weighted by Crippen LogP contribution is -2.03. The maximum Gasteiger partial charge on any atom is 0.356 e. The Morgan fingerprint density at radius 3 is 2.59 bits per heavy atom. The summed E-state index contributed by atoms with van der Waals surface area (Å²) in [6.07, 6.45) is 1.50. The van der Waals surface area contributed by atoms with Crippen molar-refractivity contribution in [1.29, 1.82) is 0 Å². The lowest BCUT2D eigenvalue weighted by atomic mass is 10.3. The molecule has 6 heteroatoms. The minimum absolute atomic E-state index is 0.142. The van der Waals surface area contributed by atoms with Crippen LogP contribution in [-0.2, 0) is 0 Å². The quantitative estimate of drug-likeness (QED) is 0.848. The first-order chi connectivity index (χ1) is 8.00. The van der Waals surface area contributed by atoms with Gasteiger partial charge in [0.05, 0.1) is 6.26 Å². The highest BCUT2D eigenvalue weighted by atomic mass is 32.1. The highest BCUT2D eigenvalue weighted by molar-refractivity contribution is 7.17. The Morgan fingerprint density at radius 1 is 1.47 bits per heavy atom. The molecule has 17 heavy (non-hydrogen) atoms. The minimum atomic E-state index is -1.21. The van der Waals surface area contributed by atoms with E-state index in [-0.39, 0.29) is 16.4 Å². The number of thiazole rings is 1. The molecule has 0 saturated heterocycles. The van der Waals surface area contributed by atoms with Crippen molar-refractivity contribution in [2.45, 2.75) is 13.8 Å². The van der Waals surface area contributed by atoms with Gasteiger partial charge in [-0.2, -0.15) is 0 Å². The van der Waals surface area contributed by atoms with Crippen LogP contribution in [0, 0.1) is 6.92 Å². The third-order valence-corrected chi connectivity index (χ3v) is 3.36. The van der Waals surface area contributed by atoms with Crippen molar-refractivity contribution in [3.05, 3.63) is 28.5 Å². The zero-order chi connectivity index (χ0) is 12.6. The fourth-order valence-electron chi connectivity index (χ4n) is 1.39. The van der Waals surface area contributed by atoms with Crippen LogP contribution in [0.5, 0.6) is 0 Å². The van der Waals surface area contributed by atoms with Crippen molar-refractivity contribution < 1.29 is 19.1 Å². The number of aryl methyl sites for hydroxylation is 1. The summed E-state index contributed by atoms with van der Waals surface area (Å²) < 4.78 is 5.22. The fraction of sp³-hybridized carbons (Fsp3) is 0.182. The van der Waals surface area contributed by atoms with E-state index < -0.39 is 5.97 Å². The Kier molecular flexibility index (Phi) is 2.81. The maximum absolute atomic E-state index is 11.3. The summed E-state index contributed by atoms with van der Waals surface area (Å²) in [7, 11) is 0. The van der Waals surface area contributed by atoms with Crippen LogP contribution >= 0.6 is 11.3 Å². The third kappa shape index (κ3) is 1.99. The Hall–Kier alpha value is -1.95. The van der Waals surface area contributed by atoms with Gasteiger partial charge in [-0.3, -0.25) is 4.79 Å². The average molecular weight is 251 g/mol. The zero-order valence-electron chi connectivity index (χ0n) is 9.18. The molecule has 0 fully saturated rings. The summed E-state index contributed by atoms with van der Waals surface area (Å²) in [5.41, 5.74) is 0.638. The van der Waals surface area contributed by atoms with Gasteiger partial charge in [-0.15, -0.1) is 11.3 Å². The topological polar surface area (TPSA) is 80.4 Å². The summed E-state index contributed by atoms with van der Waals surface area (Å²) in [6.45, 7) is 3.15. The molecule has 0 amide bonds. The molecule has 0 aliphatic heterocycles. The molecule has 5 nitrogen and oxygen atoms in total. The van der Waals surface area contributed by atoms with Gasteiger partial charge in [0.1, 0.15) is 4.88 Å². The molecule has 1 N–H and O–H groups in total. The molecule has 0 bridgehead atoms. The third-order valence-electron chi connectivity index (χ3n) is 2.21. The molecule has 2 aromatic rings. The highest BCUT2D eigenvalue weighted by Crippen LogP contribution is 2.31. The minimum Gasteiger partial charge on any atom is -0.476 e. The van der Waals surface area contributed by atoms with Gasteiger partial charge in [-0.05, 0) is 18.6 Å². The number of carboxylic acids is 1. The Balaban J connectivity index is 2.59. The number of hydrogen-bond donors (Lipinski definition) is 1. The van der Waals surface area contributed by atoms with Crippen LogP contribution in [0.1, 0.15) is 32.6 Å². The van der Waals surface area contributed by atoms with Crippen LogP contribution < -0.4 is 0 Å². The molecule has 0 aliphatic rings. The van der Waals surface area contributed by atoms with Crippen molar-refractivity contribution in [3.8, 4) is 10.8 Å². The van der Waals surface area contributed by atoms with Gasteiger partial charge in [-0.1, -0.05) is 0 Å². The summed E-state index contributed by atoms with van der Waals surface area (Å²) in [5, 5.41) is 9.37. The second kappa shape index (κ2) is 4.14. The van der Waals surface area contributed by atoms with Crippen LogP contribution in [0.3, 0.4) is 0 Å². The second-order valence-corrected chi connectivity index (χ2v) is 4.49. The summed E-state index contributed by atoms with van der Waals surface area (Å²) in [4.78, 5) is 26.4. The van der Waals surface area contributed by atoms with Crippen molar-refractivity contribution in [3.63, 3.8) is 0 Å². The number of Topliss-reactive ketones (excluding diaryl/α,β-unsaturated/α-hetero) is 1. The summed E-state index contributed by atoms with van der Waals surface area (Å²) >= 11 is 1.03. The van der Waals surface area contributed by atoms with Gasteiger partial charge in [0.15, 0.2) is 22.2 Å². The number of carboxylic acid groups (broad SMARTS) is 1. The molecule has 0 aromatic carbocycles. The van der Waals surface area contributed by atoms with Gasteiger partial charge in [0.25, 0.3) is 0 Å². The molecule has 0 spiro atoms. The van der Waals surface area contributed by atoms with Gasteiger partial charge >= 0.3 is 5.97 Å². The first-order valence-corrected chi connectivity index (χ1v) is 5.62. The molecular formula is C11H9NO4S. The first-order valence-electron chi connectivity index (χ1n) is 4.80. The van der Waals surface area contributed by atoms with E-state index in [2.05, 4.69) is 4.98 Å². The monoisotopic (exact) mass is 251 g/mol. The van der Waals surface area contributed by atoms with Crippen molar-refractivity contribution in [2.24, 2.45) is 0 Å². The van der Waals surface area contributed by atoms with Crippen LogP contribution in [0.25, 0.3) is 10.8 Å². The smallest absolute Gasteiger partial charge is 0.356 e. The number of furan rings is 1. The maximum atomic E-state index is 11.3. The van der Waals surface area contributed by atoms with Crippen molar-refractivity contribution >= 4 is 23.1 Å². The van der Waals surface area contributed by atoms with Crippen LogP contribution in [-0.4, -0.2) is 21.8 Å². The first kappa shape index (κ1) is 11.5. The van der Waals surface area contributed by atoms with E-state index >= 15 is 0 Å². The van der Waals surface area contributed by atoms with E-state index in [1.54, 1.807) is 6.07 Å². The number of carbonyl (C=O) groups excluding carboxylic acids is 1. The summed E-state index contributed by atoms with van der Waals surface area (Å²) in [6, 6.07) is 1.75. The lowest BCUT2D eigenvalue weighted by Gasteiger charge is -1.90. The lowest BCUT2D eigenvalue weighted by molar-refractivity contribution is 0.0687. The molecular weight excluding hydrogens is 242 g/mol. The van der Waals surface area contributed by atoms with Gasteiger partial charge in [0.2, 0.25) is 0 Å². The SMILES string of the molecule is CC(=O)c1sc(-c2occc2C)nc1C(=O)O.